The van der Waals surface area contributed by atoms with Crippen LogP contribution in [0.4, 0.5) is 0 Å². The van der Waals surface area contributed by atoms with Gasteiger partial charge in [0.15, 0.2) is 0 Å². The van der Waals surface area contributed by atoms with Crippen LogP contribution >= 0.6 is 0 Å². The molecule has 0 unspecified atom stereocenters. The monoisotopic (exact) mass is 290 g/mol. The summed E-state index contributed by atoms with van der Waals surface area (Å²) in [6.07, 6.45) is 5.00. The summed E-state index contributed by atoms with van der Waals surface area (Å²) in [7, 11) is 0. The Morgan fingerprint density at radius 3 is 2.69 bits per heavy atom. The Kier molecular flexibility index (Phi) is 5.98. The first-order valence-electron chi connectivity index (χ1n) is 4.76. The summed E-state index contributed by atoms with van der Waals surface area (Å²) in [5.41, 5.74) is 1.34. The SMILES string of the molecule is CCCC[Te]/C=C\c1ccccc1. The first kappa shape index (κ1) is 10.8. The van der Waals surface area contributed by atoms with Crippen molar-refractivity contribution in [3.05, 3.63) is 40.0 Å². The van der Waals surface area contributed by atoms with E-state index < -0.39 is 0 Å². The topological polar surface area (TPSA) is 0 Å². The van der Waals surface area contributed by atoms with Gasteiger partial charge in [0.05, 0.1) is 0 Å². The van der Waals surface area contributed by atoms with Crippen molar-refractivity contribution in [2.24, 2.45) is 0 Å². The Labute approximate surface area is 91.1 Å². The van der Waals surface area contributed by atoms with Crippen molar-refractivity contribution in [3.8, 4) is 0 Å². The minimum atomic E-state index is 0.149. The second-order valence-corrected chi connectivity index (χ2v) is 5.83. The van der Waals surface area contributed by atoms with E-state index in [1.54, 1.807) is 0 Å². The Balaban J connectivity index is 2.25. The van der Waals surface area contributed by atoms with E-state index in [0.717, 1.165) is 0 Å². The third kappa shape index (κ3) is 5.13. The van der Waals surface area contributed by atoms with Gasteiger partial charge in [-0.1, -0.05) is 0 Å². The van der Waals surface area contributed by atoms with Crippen LogP contribution < -0.4 is 0 Å². The number of benzene rings is 1. The average Bonchev–Trinajstić information content (AvgIpc) is 2.19. The van der Waals surface area contributed by atoms with Crippen LogP contribution in [0.15, 0.2) is 34.5 Å². The Morgan fingerprint density at radius 2 is 2.00 bits per heavy atom. The van der Waals surface area contributed by atoms with Crippen molar-refractivity contribution in [2.75, 3.05) is 0 Å². The van der Waals surface area contributed by atoms with Gasteiger partial charge < -0.3 is 0 Å². The van der Waals surface area contributed by atoms with E-state index in [0.29, 0.717) is 0 Å². The van der Waals surface area contributed by atoms with E-state index in [9.17, 15) is 0 Å². The van der Waals surface area contributed by atoms with Crippen molar-refractivity contribution in [2.45, 2.75) is 24.2 Å². The summed E-state index contributed by atoms with van der Waals surface area (Å²) >= 11 is 0.149. The third-order valence-electron chi connectivity index (χ3n) is 1.77. The molecular formula is C12H16Te. The van der Waals surface area contributed by atoms with E-state index in [4.69, 9.17) is 0 Å². The Bertz CT molecular complexity index is 239. The standard InChI is InChI=1S/C12H16Te/c1-2-3-10-13-11-9-12-7-5-4-6-8-12/h4-9,11H,2-3,10H2,1H3/b11-9-. The normalized spacial score (nSPS) is 10.8. The molecule has 13 heavy (non-hydrogen) atoms. The van der Waals surface area contributed by atoms with Gasteiger partial charge in [0.2, 0.25) is 0 Å². The van der Waals surface area contributed by atoms with E-state index in [2.05, 4.69) is 47.5 Å². The molecule has 0 N–H and O–H groups in total. The van der Waals surface area contributed by atoms with Crippen molar-refractivity contribution >= 4 is 27.0 Å². The zero-order valence-corrected chi connectivity index (χ0v) is 10.4. The Morgan fingerprint density at radius 1 is 1.23 bits per heavy atom. The molecule has 1 heteroatoms. The van der Waals surface area contributed by atoms with Crippen LogP contribution in [-0.4, -0.2) is 20.9 Å². The maximum atomic E-state index is 2.40. The molecule has 0 saturated carbocycles. The van der Waals surface area contributed by atoms with E-state index in [1.165, 1.54) is 22.9 Å². The first-order valence-corrected chi connectivity index (χ1v) is 7.76. The van der Waals surface area contributed by atoms with Crippen LogP contribution in [-0.2, 0) is 0 Å². The molecule has 0 aliphatic rings. The van der Waals surface area contributed by atoms with Gasteiger partial charge in [-0.15, -0.1) is 0 Å². The van der Waals surface area contributed by atoms with E-state index >= 15 is 0 Å². The number of hydrogen-bond acceptors (Lipinski definition) is 0. The molecule has 0 heterocycles. The summed E-state index contributed by atoms with van der Waals surface area (Å²) < 4.78 is 3.85. The fraction of sp³-hybridized carbons (Fsp3) is 0.333. The van der Waals surface area contributed by atoms with Crippen molar-refractivity contribution in [1.29, 1.82) is 0 Å². The van der Waals surface area contributed by atoms with Crippen LogP contribution in [0.2, 0.25) is 4.47 Å². The second kappa shape index (κ2) is 7.18. The number of unbranched alkanes of at least 4 members (excludes halogenated alkanes) is 1. The molecule has 0 nitrogen and oxygen atoms in total. The Hall–Kier alpha value is -0.250. The van der Waals surface area contributed by atoms with Gasteiger partial charge in [-0.2, -0.15) is 0 Å². The molecule has 0 saturated heterocycles. The van der Waals surface area contributed by atoms with Crippen LogP contribution in [0, 0.1) is 0 Å². The molecule has 0 bridgehead atoms. The van der Waals surface area contributed by atoms with Crippen molar-refractivity contribution in [1.82, 2.24) is 0 Å². The fourth-order valence-electron chi connectivity index (χ4n) is 0.987. The maximum absolute atomic E-state index is 2.40. The van der Waals surface area contributed by atoms with Gasteiger partial charge in [0, 0.05) is 0 Å². The molecule has 1 aromatic rings. The molecule has 0 fully saturated rings. The van der Waals surface area contributed by atoms with Gasteiger partial charge in [0.25, 0.3) is 0 Å². The predicted molar refractivity (Wildman–Crippen MR) is 60.9 cm³/mol. The van der Waals surface area contributed by atoms with Crippen LogP contribution in [0.25, 0.3) is 6.08 Å². The molecule has 0 aromatic heterocycles. The van der Waals surface area contributed by atoms with Gasteiger partial charge in [-0.3, -0.25) is 0 Å². The van der Waals surface area contributed by atoms with Gasteiger partial charge in [0.1, 0.15) is 0 Å². The van der Waals surface area contributed by atoms with Crippen LogP contribution in [0.5, 0.6) is 0 Å². The molecular weight excluding hydrogens is 272 g/mol. The van der Waals surface area contributed by atoms with Gasteiger partial charge in [-0.05, 0) is 0 Å². The van der Waals surface area contributed by atoms with Crippen LogP contribution in [0.3, 0.4) is 0 Å². The zero-order valence-electron chi connectivity index (χ0n) is 8.07. The molecule has 70 valence electrons. The third-order valence-corrected chi connectivity index (χ3v) is 4.21. The quantitative estimate of drug-likeness (QED) is 0.574. The number of hydrogen-bond donors (Lipinski definition) is 0. The van der Waals surface area contributed by atoms with Crippen molar-refractivity contribution < 1.29 is 0 Å². The van der Waals surface area contributed by atoms with E-state index in [1.807, 2.05) is 0 Å². The van der Waals surface area contributed by atoms with Crippen molar-refractivity contribution in [3.63, 3.8) is 0 Å². The van der Waals surface area contributed by atoms with Gasteiger partial charge in [-0.25, -0.2) is 0 Å². The molecule has 0 amide bonds. The summed E-state index contributed by atoms with van der Waals surface area (Å²) in [5, 5.41) is 0. The molecule has 1 aromatic carbocycles. The zero-order chi connectivity index (χ0) is 9.36. The summed E-state index contributed by atoms with van der Waals surface area (Å²) in [6.45, 7) is 2.26. The molecule has 0 atom stereocenters. The summed E-state index contributed by atoms with van der Waals surface area (Å²) in [5.74, 6) is 0. The molecule has 0 aliphatic carbocycles. The summed E-state index contributed by atoms with van der Waals surface area (Å²) in [6, 6.07) is 10.6. The fourth-order valence-corrected chi connectivity index (χ4v) is 3.40. The minimum absolute atomic E-state index is 0.149. The first-order chi connectivity index (χ1) is 6.43. The van der Waals surface area contributed by atoms with Crippen LogP contribution in [0.1, 0.15) is 25.3 Å². The molecule has 0 aliphatic heterocycles. The van der Waals surface area contributed by atoms with Gasteiger partial charge >= 0.3 is 91.3 Å². The second-order valence-electron chi connectivity index (χ2n) is 2.94. The molecule has 1 rings (SSSR count). The molecule has 0 spiro atoms. The average molecular weight is 288 g/mol. The summed E-state index contributed by atoms with van der Waals surface area (Å²) in [4.78, 5) is 0. The van der Waals surface area contributed by atoms with E-state index in [-0.39, 0.29) is 20.9 Å². The molecule has 0 radical (unpaired) electrons. The number of rotatable bonds is 5. The predicted octanol–water partition coefficient (Wildman–Crippen LogP) is 3.58.